The Bertz CT molecular complexity index is 800. The fraction of sp³-hybridized carbons (Fsp3) is 0.364. The normalized spacial score (nSPS) is 11.6. The predicted octanol–water partition coefficient (Wildman–Crippen LogP) is 3.15. The van der Waals surface area contributed by atoms with E-state index < -0.39 is 6.04 Å². The molecule has 0 saturated heterocycles. The van der Waals surface area contributed by atoms with Crippen molar-refractivity contribution in [2.75, 3.05) is 13.7 Å². The minimum Gasteiger partial charge on any atom is -0.483 e. The number of carbonyl (C=O) groups is 2. The van der Waals surface area contributed by atoms with E-state index in [0.29, 0.717) is 12.3 Å². The molecule has 0 radical (unpaired) electrons. The summed E-state index contributed by atoms with van der Waals surface area (Å²) in [6, 6.07) is 13.1. The molecule has 2 aromatic rings. The van der Waals surface area contributed by atoms with E-state index in [9.17, 15) is 9.59 Å². The van der Waals surface area contributed by atoms with Gasteiger partial charge in [-0.3, -0.25) is 9.59 Å². The van der Waals surface area contributed by atoms with E-state index in [-0.39, 0.29) is 18.4 Å². The average Bonchev–Trinajstić information content (AvgIpc) is 2.67. The van der Waals surface area contributed by atoms with Crippen molar-refractivity contribution in [3.63, 3.8) is 0 Å². The molecular weight excluding hydrogens is 340 g/mol. The van der Waals surface area contributed by atoms with Gasteiger partial charge in [-0.15, -0.1) is 0 Å². The Hall–Kier alpha value is -2.82. The Labute approximate surface area is 161 Å². The summed E-state index contributed by atoms with van der Waals surface area (Å²) in [6.07, 6.45) is 0. The molecule has 0 saturated carbocycles. The van der Waals surface area contributed by atoms with E-state index in [1.54, 1.807) is 18.9 Å². The minimum absolute atomic E-state index is 0.114. The second-order valence-corrected chi connectivity index (χ2v) is 6.78. The number of rotatable bonds is 7. The van der Waals surface area contributed by atoms with Crippen LogP contribution in [0.4, 0.5) is 0 Å². The molecule has 2 rings (SSSR count). The van der Waals surface area contributed by atoms with E-state index in [2.05, 4.69) is 5.32 Å². The van der Waals surface area contributed by atoms with E-state index >= 15 is 0 Å². The van der Waals surface area contributed by atoms with Crippen LogP contribution in [-0.4, -0.2) is 36.4 Å². The van der Waals surface area contributed by atoms with Crippen molar-refractivity contribution in [3.05, 3.63) is 64.7 Å². The van der Waals surface area contributed by atoms with Gasteiger partial charge in [-0.1, -0.05) is 42.0 Å². The first kappa shape index (κ1) is 20.5. The highest BCUT2D eigenvalue weighted by Gasteiger charge is 2.26. The number of benzene rings is 2. The third kappa shape index (κ3) is 5.33. The van der Waals surface area contributed by atoms with Crippen molar-refractivity contribution in [1.82, 2.24) is 10.2 Å². The molecule has 1 unspecified atom stereocenters. The quantitative estimate of drug-likeness (QED) is 0.817. The van der Waals surface area contributed by atoms with Gasteiger partial charge < -0.3 is 15.0 Å². The molecule has 27 heavy (non-hydrogen) atoms. The molecule has 1 atom stereocenters. The van der Waals surface area contributed by atoms with Gasteiger partial charge in [0.15, 0.2) is 6.61 Å². The lowest BCUT2D eigenvalue weighted by Gasteiger charge is -2.28. The zero-order chi connectivity index (χ0) is 20.0. The summed E-state index contributed by atoms with van der Waals surface area (Å²) in [5, 5.41) is 2.61. The summed E-state index contributed by atoms with van der Waals surface area (Å²) >= 11 is 0. The fourth-order valence-corrected chi connectivity index (χ4v) is 2.78. The monoisotopic (exact) mass is 368 g/mol. The van der Waals surface area contributed by atoms with Crippen molar-refractivity contribution in [2.45, 2.75) is 40.3 Å². The van der Waals surface area contributed by atoms with E-state index in [1.807, 2.05) is 63.2 Å². The van der Waals surface area contributed by atoms with E-state index in [0.717, 1.165) is 22.3 Å². The van der Waals surface area contributed by atoms with Gasteiger partial charge in [0.2, 0.25) is 5.91 Å². The topological polar surface area (TPSA) is 58.6 Å². The number of nitrogens with zero attached hydrogens (tertiary/aromatic N) is 1. The molecule has 0 aliphatic heterocycles. The van der Waals surface area contributed by atoms with Crippen molar-refractivity contribution in [1.29, 1.82) is 0 Å². The third-order valence-electron chi connectivity index (χ3n) is 4.79. The highest BCUT2D eigenvalue weighted by Crippen LogP contribution is 2.21. The summed E-state index contributed by atoms with van der Waals surface area (Å²) in [5.41, 5.74) is 4.23. The number of hydrogen-bond acceptors (Lipinski definition) is 3. The van der Waals surface area contributed by atoms with E-state index in [1.165, 1.54) is 0 Å². The lowest BCUT2D eigenvalue weighted by atomic mass is 10.1. The fourth-order valence-electron chi connectivity index (χ4n) is 2.78. The third-order valence-corrected chi connectivity index (χ3v) is 4.79. The highest BCUT2D eigenvalue weighted by atomic mass is 16.5. The smallest absolute Gasteiger partial charge is 0.261 e. The summed E-state index contributed by atoms with van der Waals surface area (Å²) in [6.45, 7) is 7.94. The van der Waals surface area contributed by atoms with Gasteiger partial charge in [0.25, 0.3) is 5.91 Å². The molecule has 0 bridgehead atoms. The lowest BCUT2D eigenvalue weighted by molar-refractivity contribution is -0.142. The van der Waals surface area contributed by atoms with Crippen molar-refractivity contribution < 1.29 is 14.3 Å². The average molecular weight is 368 g/mol. The molecule has 5 heteroatoms. The van der Waals surface area contributed by atoms with Crippen molar-refractivity contribution >= 4 is 11.8 Å². The van der Waals surface area contributed by atoms with Gasteiger partial charge in [0.1, 0.15) is 11.8 Å². The Morgan fingerprint density at radius 3 is 2.37 bits per heavy atom. The highest BCUT2D eigenvalue weighted by molar-refractivity contribution is 5.87. The lowest BCUT2D eigenvalue weighted by Crippen LogP contribution is -2.48. The Balaban J connectivity index is 2.15. The zero-order valence-corrected chi connectivity index (χ0v) is 16.7. The summed E-state index contributed by atoms with van der Waals surface area (Å²) < 4.78 is 5.76. The van der Waals surface area contributed by atoms with Crippen LogP contribution in [0.2, 0.25) is 0 Å². The van der Waals surface area contributed by atoms with Gasteiger partial charge in [-0.25, -0.2) is 0 Å². The van der Waals surface area contributed by atoms with Crippen LogP contribution < -0.4 is 10.1 Å². The summed E-state index contributed by atoms with van der Waals surface area (Å²) in [7, 11) is 1.57. The second kappa shape index (κ2) is 9.21. The first-order valence-electron chi connectivity index (χ1n) is 9.09. The molecular formula is C22H28N2O3. The van der Waals surface area contributed by atoms with Crippen LogP contribution in [-0.2, 0) is 16.1 Å². The molecule has 2 amide bonds. The molecule has 0 heterocycles. The van der Waals surface area contributed by atoms with Crippen LogP contribution in [0, 0.1) is 20.8 Å². The second-order valence-electron chi connectivity index (χ2n) is 6.78. The number of carbonyl (C=O) groups excluding carboxylic acids is 2. The van der Waals surface area contributed by atoms with Crippen LogP contribution in [0.25, 0.3) is 0 Å². The maximum absolute atomic E-state index is 12.9. The van der Waals surface area contributed by atoms with Crippen molar-refractivity contribution in [2.24, 2.45) is 0 Å². The molecule has 1 N–H and O–H groups in total. The van der Waals surface area contributed by atoms with Gasteiger partial charge in [-0.05, 0) is 50.5 Å². The number of hydrogen-bond donors (Lipinski definition) is 1. The number of ether oxygens (including phenoxy) is 1. The molecule has 0 aliphatic carbocycles. The van der Waals surface area contributed by atoms with Gasteiger partial charge in [-0.2, -0.15) is 0 Å². The number of aryl methyl sites for hydroxylation is 2. The maximum atomic E-state index is 12.9. The van der Waals surface area contributed by atoms with E-state index in [4.69, 9.17) is 4.74 Å². The minimum atomic E-state index is -0.592. The first-order valence-corrected chi connectivity index (χ1v) is 9.09. The molecule has 2 aromatic carbocycles. The molecule has 0 aromatic heterocycles. The number of nitrogens with one attached hydrogen (secondary N) is 1. The molecule has 5 nitrogen and oxygen atoms in total. The molecule has 0 spiro atoms. The van der Waals surface area contributed by atoms with Crippen molar-refractivity contribution in [3.8, 4) is 5.75 Å². The first-order chi connectivity index (χ1) is 12.8. The van der Waals surface area contributed by atoms with Crippen LogP contribution >= 0.6 is 0 Å². The summed E-state index contributed by atoms with van der Waals surface area (Å²) in [5.74, 6) is 0.251. The zero-order valence-electron chi connectivity index (χ0n) is 16.7. The molecule has 0 aliphatic rings. The predicted molar refractivity (Wildman–Crippen MR) is 107 cm³/mol. The largest absolute Gasteiger partial charge is 0.483 e. The van der Waals surface area contributed by atoms with Crippen LogP contribution in [0.3, 0.4) is 0 Å². The van der Waals surface area contributed by atoms with Crippen LogP contribution in [0.15, 0.2) is 42.5 Å². The van der Waals surface area contributed by atoms with Crippen LogP contribution in [0.5, 0.6) is 5.75 Å². The summed E-state index contributed by atoms with van der Waals surface area (Å²) in [4.78, 5) is 26.5. The van der Waals surface area contributed by atoms with Gasteiger partial charge in [0.05, 0.1) is 0 Å². The maximum Gasteiger partial charge on any atom is 0.261 e. The van der Waals surface area contributed by atoms with Crippen LogP contribution in [0.1, 0.15) is 29.2 Å². The molecule has 0 fully saturated rings. The number of likely N-dealkylation sites (N-methyl/N-ethyl adjacent to an activating group) is 1. The van der Waals surface area contributed by atoms with Gasteiger partial charge in [0, 0.05) is 13.6 Å². The Morgan fingerprint density at radius 1 is 1.07 bits per heavy atom. The Kier molecular flexibility index (Phi) is 6.99. The van der Waals surface area contributed by atoms with Gasteiger partial charge >= 0.3 is 0 Å². The SMILES string of the molecule is CNC(=O)C(C)N(Cc1ccc(C)cc1)C(=O)COc1cccc(C)c1C. The standard InChI is InChI=1S/C22H28N2O3/c1-15-9-11-19(12-10-15)13-24(18(4)22(26)23-5)21(25)14-27-20-8-6-7-16(2)17(20)3/h6-12,18H,13-14H2,1-5H3,(H,23,26). The number of amides is 2. The Morgan fingerprint density at radius 2 is 1.74 bits per heavy atom. The molecule has 144 valence electrons.